The quantitative estimate of drug-likeness (QED) is 0.716. The van der Waals surface area contributed by atoms with E-state index in [1.807, 2.05) is 0 Å². The molecule has 0 atom stereocenters. The van der Waals surface area contributed by atoms with Crippen LogP contribution in [0.5, 0.6) is 0 Å². The smallest absolute Gasteiger partial charge is 0.214 e. The van der Waals surface area contributed by atoms with E-state index in [-0.39, 0.29) is 5.75 Å². The van der Waals surface area contributed by atoms with E-state index in [4.69, 9.17) is 11.6 Å². The first-order chi connectivity index (χ1) is 7.45. The van der Waals surface area contributed by atoms with Gasteiger partial charge in [0.25, 0.3) is 0 Å². The highest BCUT2D eigenvalue weighted by Gasteiger charge is 2.17. The predicted molar refractivity (Wildman–Crippen MR) is 63.8 cm³/mol. The third kappa shape index (κ3) is 3.77. The molecule has 16 heavy (non-hydrogen) atoms. The van der Waals surface area contributed by atoms with Crippen molar-refractivity contribution < 1.29 is 8.42 Å². The molecule has 0 spiro atoms. The predicted octanol–water partition coefficient (Wildman–Crippen LogP) is 0.811. The van der Waals surface area contributed by atoms with Gasteiger partial charge in [0.15, 0.2) is 0 Å². The van der Waals surface area contributed by atoms with Crippen molar-refractivity contribution in [2.24, 2.45) is 7.05 Å². The largest absolute Gasteiger partial charge is 0.275 e. The van der Waals surface area contributed by atoms with Gasteiger partial charge in [-0.25, -0.2) is 12.7 Å². The van der Waals surface area contributed by atoms with Crippen LogP contribution in [0.4, 0.5) is 0 Å². The average molecular weight is 266 g/mol. The summed E-state index contributed by atoms with van der Waals surface area (Å²) in [6.45, 7) is 0.346. The molecule has 0 radical (unpaired) electrons. The first-order valence-electron chi connectivity index (χ1n) is 4.93. The Hall–Kier alpha value is -0.590. The molecule has 1 aromatic heterocycles. The van der Waals surface area contributed by atoms with E-state index in [2.05, 4.69) is 5.10 Å². The fourth-order valence-electron chi connectivity index (χ4n) is 1.30. The van der Waals surface area contributed by atoms with Crippen LogP contribution in [0.2, 0.25) is 0 Å². The van der Waals surface area contributed by atoms with E-state index in [1.165, 1.54) is 4.31 Å². The molecule has 1 heterocycles. The van der Waals surface area contributed by atoms with E-state index in [0.29, 0.717) is 18.8 Å². The van der Waals surface area contributed by atoms with E-state index < -0.39 is 10.0 Å². The van der Waals surface area contributed by atoms with Gasteiger partial charge in [0.05, 0.1) is 11.9 Å². The van der Waals surface area contributed by atoms with Crippen LogP contribution in [-0.4, -0.2) is 41.2 Å². The second kappa shape index (κ2) is 5.65. The average Bonchev–Trinajstić information content (AvgIpc) is 2.61. The molecule has 1 aromatic rings. The van der Waals surface area contributed by atoms with Crippen LogP contribution in [0.25, 0.3) is 0 Å². The molecular formula is C9H16ClN3O2S. The third-order valence-electron chi connectivity index (χ3n) is 2.17. The molecule has 0 saturated heterocycles. The van der Waals surface area contributed by atoms with Crippen LogP contribution in [-0.2, 0) is 23.6 Å². The Morgan fingerprint density at radius 2 is 2.25 bits per heavy atom. The lowest BCUT2D eigenvalue weighted by atomic mass is 10.4. The second-order valence-electron chi connectivity index (χ2n) is 3.64. The molecule has 5 nitrogen and oxygen atoms in total. The third-order valence-corrected chi connectivity index (χ3v) is 4.33. The maximum atomic E-state index is 11.7. The number of sulfonamides is 1. The number of halogens is 1. The molecule has 1 rings (SSSR count). The Bertz CT molecular complexity index is 430. The number of rotatable bonds is 6. The van der Waals surface area contributed by atoms with Gasteiger partial charge >= 0.3 is 0 Å². The maximum Gasteiger partial charge on any atom is 0.214 e. The number of aromatic nitrogens is 2. The first kappa shape index (κ1) is 13.5. The fraction of sp³-hybridized carbons (Fsp3) is 0.667. The first-order valence-corrected chi connectivity index (χ1v) is 7.07. The van der Waals surface area contributed by atoms with E-state index in [0.717, 1.165) is 5.56 Å². The minimum absolute atomic E-state index is 0.0905. The van der Waals surface area contributed by atoms with Crippen molar-refractivity contribution in [2.75, 3.05) is 18.7 Å². The lowest BCUT2D eigenvalue weighted by Crippen LogP contribution is -2.28. The number of hydrogen-bond donors (Lipinski definition) is 0. The van der Waals surface area contributed by atoms with Crippen molar-refractivity contribution in [3.8, 4) is 0 Å². The number of alkyl halides is 1. The van der Waals surface area contributed by atoms with E-state index in [1.54, 1.807) is 31.2 Å². The summed E-state index contributed by atoms with van der Waals surface area (Å²) in [5.74, 6) is 0.452. The SMILES string of the molecule is CN(Cc1cnn(C)c1)S(=O)(=O)CCCCl. The van der Waals surface area contributed by atoms with Gasteiger partial charge < -0.3 is 0 Å². The Morgan fingerprint density at radius 1 is 1.56 bits per heavy atom. The molecule has 0 saturated carbocycles. The van der Waals surface area contributed by atoms with Gasteiger partial charge in [0.2, 0.25) is 10.0 Å². The van der Waals surface area contributed by atoms with Crippen LogP contribution >= 0.6 is 11.6 Å². The topological polar surface area (TPSA) is 55.2 Å². The summed E-state index contributed by atoms with van der Waals surface area (Å²) in [4.78, 5) is 0. The highest BCUT2D eigenvalue weighted by Crippen LogP contribution is 2.07. The minimum Gasteiger partial charge on any atom is -0.275 e. The van der Waals surface area contributed by atoms with Crippen LogP contribution in [0.1, 0.15) is 12.0 Å². The van der Waals surface area contributed by atoms with E-state index in [9.17, 15) is 8.42 Å². The van der Waals surface area contributed by atoms with Crippen molar-refractivity contribution in [3.05, 3.63) is 18.0 Å². The molecule has 0 aliphatic carbocycles. The molecule has 0 aromatic carbocycles. The summed E-state index contributed by atoms with van der Waals surface area (Å²) in [7, 11) is 0.164. The van der Waals surface area contributed by atoms with Crippen LogP contribution in [0, 0.1) is 0 Å². The van der Waals surface area contributed by atoms with Crippen molar-refractivity contribution in [2.45, 2.75) is 13.0 Å². The maximum absolute atomic E-state index is 11.7. The Balaban J connectivity index is 2.61. The molecule has 0 bridgehead atoms. The van der Waals surface area contributed by atoms with Crippen molar-refractivity contribution in [1.82, 2.24) is 14.1 Å². The normalized spacial score (nSPS) is 12.2. The zero-order valence-electron chi connectivity index (χ0n) is 9.43. The van der Waals surface area contributed by atoms with Gasteiger partial charge in [-0.1, -0.05) is 0 Å². The minimum atomic E-state index is -3.20. The summed E-state index contributed by atoms with van der Waals surface area (Å²) in [5, 5.41) is 3.99. The Morgan fingerprint density at radius 3 is 2.75 bits per heavy atom. The van der Waals surface area contributed by atoms with E-state index >= 15 is 0 Å². The van der Waals surface area contributed by atoms with Gasteiger partial charge in [-0.3, -0.25) is 4.68 Å². The second-order valence-corrected chi connectivity index (χ2v) is 6.21. The van der Waals surface area contributed by atoms with Crippen molar-refractivity contribution in [1.29, 1.82) is 0 Å². The molecule has 0 N–H and O–H groups in total. The summed E-state index contributed by atoms with van der Waals surface area (Å²) in [6, 6.07) is 0. The van der Waals surface area contributed by atoms with Crippen LogP contribution in [0.3, 0.4) is 0 Å². The molecule has 0 unspecified atom stereocenters. The summed E-state index contributed by atoms with van der Waals surface area (Å²) < 4.78 is 26.5. The van der Waals surface area contributed by atoms with Crippen molar-refractivity contribution >= 4 is 21.6 Å². The van der Waals surface area contributed by atoms with Gasteiger partial charge in [0, 0.05) is 38.3 Å². The monoisotopic (exact) mass is 265 g/mol. The summed E-state index contributed by atoms with van der Waals surface area (Å²) in [6.07, 6.45) is 3.93. The molecule has 92 valence electrons. The zero-order chi connectivity index (χ0) is 12.2. The highest BCUT2D eigenvalue weighted by molar-refractivity contribution is 7.89. The Labute approximate surface area is 101 Å². The lowest BCUT2D eigenvalue weighted by Gasteiger charge is -2.15. The van der Waals surface area contributed by atoms with Gasteiger partial charge in [-0.15, -0.1) is 11.6 Å². The van der Waals surface area contributed by atoms with Crippen LogP contribution in [0.15, 0.2) is 12.4 Å². The Kier molecular flexibility index (Phi) is 4.76. The van der Waals surface area contributed by atoms with Gasteiger partial charge in [-0.05, 0) is 6.42 Å². The zero-order valence-corrected chi connectivity index (χ0v) is 11.0. The molecule has 0 amide bonds. The molecule has 0 fully saturated rings. The van der Waals surface area contributed by atoms with Crippen molar-refractivity contribution in [3.63, 3.8) is 0 Å². The molecule has 0 aliphatic heterocycles. The number of hydrogen-bond acceptors (Lipinski definition) is 3. The lowest BCUT2D eigenvalue weighted by molar-refractivity contribution is 0.466. The molecule has 0 aliphatic rings. The molecule has 7 heteroatoms. The summed E-state index contributed by atoms with van der Waals surface area (Å²) in [5.41, 5.74) is 0.874. The van der Waals surface area contributed by atoms with Crippen LogP contribution < -0.4 is 0 Å². The number of aryl methyl sites for hydroxylation is 1. The fourth-order valence-corrected chi connectivity index (χ4v) is 2.76. The standard InChI is InChI=1S/C9H16ClN3O2S/c1-12-7-9(6-11-12)8-13(2)16(14,15)5-3-4-10/h6-7H,3-5,8H2,1-2H3. The number of nitrogens with zero attached hydrogens (tertiary/aromatic N) is 3. The highest BCUT2D eigenvalue weighted by atomic mass is 35.5. The van der Waals surface area contributed by atoms with Gasteiger partial charge in [-0.2, -0.15) is 5.10 Å². The molecular weight excluding hydrogens is 250 g/mol. The van der Waals surface area contributed by atoms with Gasteiger partial charge in [0.1, 0.15) is 0 Å². The summed E-state index contributed by atoms with van der Waals surface area (Å²) >= 11 is 5.48.